The summed E-state index contributed by atoms with van der Waals surface area (Å²) in [6.45, 7) is 3.67. The van der Waals surface area contributed by atoms with Gasteiger partial charge in [0.25, 0.3) is 5.56 Å². The Balaban J connectivity index is 1.75. The summed E-state index contributed by atoms with van der Waals surface area (Å²) in [6.07, 6.45) is 2.14. The average Bonchev–Trinajstić information content (AvgIpc) is 3.22. The number of para-hydroxylation sites is 1. The lowest BCUT2D eigenvalue weighted by atomic mass is 10.2. The van der Waals surface area contributed by atoms with Crippen molar-refractivity contribution >= 4 is 28.6 Å². The van der Waals surface area contributed by atoms with Crippen LogP contribution in [0.4, 0.5) is 0 Å². The number of rotatable bonds is 4. The first-order chi connectivity index (χ1) is 13.1. The molecule has 0 atom stereocenters. The highest BCUT2D eigenvalue weighted by molar-refractivity contribution is 7.99. The number of aryl methyl sites for hydroxylation is 1. The molecule has 2 heterocycles. The van der Waals surface area contributed by atoms with Crippen LogP contribution in [0.5, 0.6) is 0 Å². The van der Waals surface area contributed by atoms with E-state index in [1.807, 2.05) is 54.3 Å². The van der Waals surface area contributed by atoms with E-state index in [2.05, 4.69) is 4.98 Å². The van der Waals surface area contributed by atoms with Crippen LogP contribution in [-0.4, -0.2) is 39.2 Å². The first-order valence-corrected chi connectivity index (χ1v) is 10.1. The zero-order valence-corrected chi connectivity index (χ0v) is 16.0. The van der Waals surface area contributed by atoms with E-state index < -0.39 is 0 Å². The number of aromatic nitrogens is 2. The molecule has 0 unspecified atom stereocenters. The van der Waals surface area contributed by atoms with E-state index in [9.17, 15) is 9.59 Å². The van der Waals surface area contributed by atoms with Gasteiger partial charge in [-0.3, -0.25) is 14.2 Å². The molecule has 1 saturated heterocycles. The van der Waals surface area contributed by atoms with Crippen LogP contribution in [0, 0.1) is 6.92 Å². The highest BCUT2D eigenvalue weighted by atomic mass is 32.2. The number of hydrogen-bond acceptors (Lipinski definition) is 4. The fourth-order valence-electron chi connectivity index (χ4n) is 3.31. The van der Waals surface area contributed by atoms with Gasteiger partial charge in [-0.2, -0.15) is 0 Å². The summed E-state index contributed by atoms with van der Waals surface area (Å²) in [5, 5.41) is 1.13. The van der Waals surface area contributed by atoms with Crippen molar-refractivity contribution in [3.63, 3.8) is 0 Å². The van der Waals surface area contributed by atoms with Crippen molar-refractivity contribution in [3.05, 3.63) is 64.4 Å². The average molecular weight is 379 g/mol. The molecule has 4 rings (SSSR count). The quantitative estimate of drug-likeness (QED) is 0.515. The first kappa shape index (κ1) is 17.8. The minimum Gasteiger partial charge on any atom is -0.342 e. The molecule has 1 aromatic heterocycles. The summed E-state index contributed by atoms with van der Waals surface area (Å²) < 4.78 is 1.61. The molecule has 0 saturated carbocycles. The summed E-state index contributed by atoms with van der Waals surface area (Å²) in [5.74, 6) is 0.395. The van der Waals surface area contributed by atoms with E-state index in [1.54, 1.807) is 10.6 Å². The molecule has 0 radical (unpaired) electrons. The minimum absolute atomic E-state index is 0.107. The molecule has 3 aromatic rings. The van der Waals surface area contributed by atoms with Gasteiger partial charge < -0.3 is 4.90 Å². The molecule has 1 aliphatic rings. The van der Waals surface area contributed by atoms with Crippen molar-refractivity contribution in [2.45, 2.75) is 24.9 Å². The van der Waals surface area contributed by atoms with Crippen LogP contribution in [-0.2, 0) is 4.79 Å². The predicted molar refractivity (Wildman–Crippen MR) is 109 cm³/mol. The number of nitrogens with zero attached hydrogens (tertiary/aromatic N) is 3. The standard InChI is InChI=1S/C21H21N3O2S/c1-15-8-10-16(11-9-15)24-20(26)17-6-2-3-7-18(17)22-21(24)27-14-19(25)23-12-4-5-13-23/h2-3,6-11H,4-5,12-14H2,1H3. The smallest absolute Gasteiger partial charge is 0.266 e. The van der Waals surface area contributed by atoms with Crippen molar-refractivity contribution < 1.29 is 4.79 Å². The number of fused-ring (bicyclic) bond motifs is 1. The van der Waals surface area contributed by atoms with E-state index >= 15 is 0 Å². The molecule has 1 aliphatic heterocycles. The summed E-state index contributed by atoms with van der Waals surface area (Å²) in [5.41, 5.74) is 2.43. The number of carbonyl (C=O) groups is 1. The van der Waals surface area contributed by atoms with Gasteiger partial charge in [0.15, 0.2) is 5.16 Å². The van der Waals surface area contributed by atoms with Gasteiger partial charge in [0.2, 0.25) is 5.91 Å². The second-order valence-electron chi connectivity index (χ2n) is 6.76. The largest absolute Gasteiger partial charge is 0.342 e. The Kier molecular flexibility index (Phi) is 4.99. The number of hydrogen-bond donors (Lipinski definition) is 0. The van der Waals surface area contributed by atoms with Crippen LogP contribution in [0.2, 0.25) is 0 Å². The van der Waals surface area contributed by atoms with Crippen LogP contribution in [0.25, 0.3) is 16.6 Å². The maximum Gasteiger partial charge on any atom is 0.266 e. The van der Waals surface area contributed by atoms with E-state index in [0.29, 0.717) is 16.1 Å². The first-order valence-electron chi connectivity index (χ1n) is 9.13. The fourth-order valence-corrected chi connectivity index (χ4v) is 4.23. The van der Waals surface area contributed by atoms with Gasteiger partial charge in [-0.25, -0.2) is 4.98 Å². The molecule has 6 heteroatoms. The van der Waals surface area contributed by atoms with Crippen LogP contribution in [0.1, 0.15) is 18.4 Å². The van der Waals surface area contributed by atoms with Crippen LogP contribution in [0.15, 0.2) is 58.5 Å². The Labute approximate surface area is 162 Å². The molecule has 0 aliphatic carbocycles. The van der Waals surface area contributed by atoms with Gasteiger partial charge in [0.05, 0.1) is 22.3 Å². The van der Waals surface area contributed by atoms with Gasteiger partial charge in [-0.15, -0.1) is 0 Å². The summed E-state index contributed by atoms with van der Waals surface area (Å²) in [4.78, 5) is 32.2. The van der Waals surface area contributed by atoms with E-state index in [-0.39, 0.29) is 17.2 Å². The van der Waals surface area contributed by atoms with Crippen molar-refractivity contribution in [2.75, 3.05) is 18.8 Å². The lowest BCUT2D eigenvalue weighted by Crippen LogP contribution is -2.29. The summed E-state index contributed by atoms with van der Waals surface area (Å²) in [6, 6.07) is 15.1. The van der Waals surface area contributed by atoms with Crippen molar-refractivity contribution in [1.29, 1.82) is 0 Å². The molecule has 1 amide bonds. The Bertz CT molecular complexity index is 1040. The maximum atomic E-state index is 13.1. The molecule has 2 aromatic carbocycles. The number of thioether (sulfide) groups is 1. The van der Waals surface area contributed by atoms with Crippen LogP contribution < -0.4 is 5.56 Å². The summed E-state index contributed by atoms with van der Waals surface area (Å²) in [7, 11) is 0. The molecular formula is C21H21N3O2S. The maximum absolute atomic E-state index is 13.1. The zero-order chi connectivity index (χ0) is 18.8. The SMILES string of the molecule is Cc1ccc(-n2c(SCC(=O)N3CCCC3)nc3ccccc3c2=O)cc1. The Morgan fingerprint density at radius 3 is 2.52 bits per heavy atom. The highest BCUT2D eigenvalue weighted by Crippen LogP contribution is 2.22. The molecule has 5 nitrogen and oxygen atoms in total. The van der Waals surface area contributed by atoms with Gasteiger partial charge in [-0.05, 0) is 44.0 Å². The van der Waals surface area contributed by atoms with Gasteiger partial charge in [0.1, 0.15) is 0 Å². The van der Waals surface area contributed by atoms with Gasteiger partial charge >= 0.3 is 0 Å². The normalized spacial score (nSPS) is 14.0. The topological polar surface area (TPSA) is 55.2 Å². The molecule has 1 fully saturated rings. The van der Waals surface area contributed by atoms with E-state index in [1.165, 1.54) is 11.8 Å². The summed E-state index contributed by atoms with van der Waals surface area (Å²) >= 11 is 1.33. The van der Waals surface area contributed by atoms with Crippen LogP contribution >= 0.6 is 11.8 Å². The third-order valence-corrected chi connectivity index (χ3v) is 5.74. The molecule has 0 bridgehead atoms. The number of likely N-dealkylation sites (tertiary alicyclic amines) is 1. The molecule has 0 N–H and O–H groups in total. The second-order valence-corrected chi connectivity index (χ2v) is 7.71. The predicted octanol–water partition coefficient (Wildman–Crippen LogP) is 3.41. The Morgan fingerprint density at radius 1 is 1.07 bits per heavy atom. The zero-order valence-electron chi connectivity index (χ0n) is 15.2. The Hall–Kier alpha value is -2.60. The second kappa shape index (κ2) is 7.56. The molecular weight excluding hydrogens is 358 g/mol. The van der Waals surface area contributed by atoms with E-state index in [0.717, 1.165) is 37.2 Å². The van der Waals surface area contributed by atoms with Gasteiger partial charge in [-0.1, -0.05) is 41.6 Å². The lowest BCUT2D eigenvalue weighted by Gasteiger charge is -2.16. The molecule has 138 valence electrons. The third kappa shape index (κ3) is 3.62. The highest BCUT2D eigenvalue weighted by Gasteiger charge is 2.20. The minimum atomic E-state index is -0.111. The van der Waals surface area contributed by atoms with Crippen molar-refractivity contribution in [2.24, 2.45) is 0 Å². The van der Waals surface area contributed by atoms with Crippen molar-refractivity contribution in [3.8, 4) is 5.69 Å². The Morgan fingerprint density at radius 2 is 1.78 bits per heavy atom. The number of amides is 1. The number of carbonyl (C=O) groups excluding carboxylic acids is 1. The van der Waals surface area contributed by atoms with E-state index in [4.69, 9.17) is 0 Å². The van der Waals surface area contributed by atoms with Crippen LogP contribution in [0.3, 0.4) is 0 Å². The monoisotopic (exact) mass is 379 g/mol. The molecule has 0 spiro atoms. The third-order valence-electron chi connectivity index (χ3n) is 4.82. The van der Waals surface area contributed by atoms with Crippen molar-refractivity contribution in [1.82, 2.24) is 14.5 Å². The lowest BCUT2D eigenvalue weighted by molar-refractivity contribution is -0.127. The number of benzene rings is 2. The fraction of sp³-hybridized carbons (Fsp3) is 0.286. The molecule has 27 heavy (non-hydrogen) atoms. The van der Waals surface area contributed by atoms with Gasteiger partial charge in [0, 0.05) is 13.1 Å².